The fourth-order valence-corrected chi connectivity index (χ4v) is 1.33. The van der Waals surface area contributed by atoms with Crippen LogP contribution < -0.4 is 0 Å². The highest BCUT2D eigenvalue weighted by Crippen LogP contribution is 2.64. The molecular weight excluding hydrogens is 466 g/mol. The largest absolute Gasteiger partial charge is 0.460 e. The van der Waals surface area contributed by atoms with E-state index in [1.165, 1.54) is 0 Å². The quantitative estimate of drug-likeness (QED) is 0.505. The predicted octanol–water partition coefficient (Wildman–Crippen LogP) is 5.28. The van der Waals surface area contributed by atoms with Crippen molar-refractivity contribution in [2.24, 2.45) is 0 Å². The second kappa shape index (κ2) is 6.35. The molecule has 170 valence electrons. The molecule has 0 saturated heterocycles. The van der Waals surface area contributed by atoms with Crippen molar-refractivity contribution >= 4 is 0 Å². The number of rotatable bonds is 7. The van der Waals surface area contributed by atoms with Gasteiger partial charge in [0, 0.05) is 0 Å². The maximum atomic E-state index is 13.0. The first-order chi connectivity index (χ1) is 11.7. The minimum absolute atomic E-state index is 5.52. The number of halogens is 18. The minimum Gasteiger partial charge on any atom is -0.359 e. The standard InChI is InChI=1S/C9H2F18O/c10-1(28)2(11,12)3(13,14)4(15,16)5(17,18)6(19,20)7(21,22)8(23,24)9(25,26)27/h1,28H. The Balaban J connectivity index is 6.72. The van der Waals surface area contributed by atoms with E-state index in [1.54, 1.807) is 0 Å². The lowest BCUT2D eigenvalue weighted by atomic mass is 9.89. The van der Waals surface area contributed by atoms with Gasteiger partial charge < -0.3 is 5.11 Å². The molecule has 0 rings (SSSR count). The zero-order chi connectivity index (χ0) is 23.6. The molecule has 0 aromatic rings. The van der Waals surface area contributed by atoms with E-state index < -0.39 is 54.0 Å². The molecule has 19 heteroatoms. The molecule has 1 nitrogen and oxygen atoms in total. The summed E-state index contributed by atoms with van der Waals surface area (Å²) < 4.78 is 226. The summed E-state index contributed by atoms with van der Waals surface area (Å²) in [6, 6.07) is 0. The van der Waals surface area contributed by atoms with Crippen LogP contribution in [-0.2, 0) is 0 Å². The molecule has 0 bridgehead atoms. The summed E-state index contributed by atoms with van der Waals surface area (Å²) in [5.74, 6) is -58.7. The number of aliphatic hydroxyl groups excluding tert-OH is 1. The third-order valence-electron chi connectivity index (χ3n) is 3.05. The van der Waals surface area contributed by atoms with Crippen LogP contribution in [0.5, 0.6) is 0 Å². The van der Waals surface area contributed by atoms with Gasteiger partial charge in [-0.2, -0.15) is 74.6 Å². The third-order valence-corrected chi connectivity index (χ3v) is 3.05. The van der Waals surface area contributed by atoms with E-state index in [1.807, 2.05) is 0 Å². The van der Waals surface area contributed by atoms with Crippen LogP contribution >= 0.6 is 0 Å². The molecule has 1 unspecified atom stereocenters. The van der Waals surface area contributed by atoms with E-state index in [0.717, 1.165) is 0 Å². The molecule has 0 aromatic carbocycles. The van der Waals surface area contributed by atoms with Crippen LogP contribution in [0, 0.1) is 0 Å². The van der Waals surface area contributed by atoms with Crippen LogP contribution in [-0.4, -0.2) is 59.1 Å². The fourth-order valence-electron chi connectivity index (χ4n) is 1.33. The van der Waals surface area contributed by atoms with Gasteiger partial charge in [0.05, 0.1) is 0 Å². The van der Waals surface area contributed by atoms with Crippen molar-refractivity contribution in [3.8, 4) is 0 Å². The van der Waals surface area contributed by atoms with Crippen molar-refractivity contribution in [1.29, 1.82) is 0 Å². The monoisotopic (exact) mass is 468 g/mol. The molecular formula is C9H2F18O. The highest BCUT2D eigenvalue weighted by atomic mass is 19.4. The Labute approximate surface area is 139 Å². The van der Waals surface area contributed by atoms with Gasteiger partial charge in [-0.3, -0.25) is 0 Å². The Morgan fingerprint density at radius 3 is 0.821 bits per heavy atom. The normalized spacial score (nSPS) is 17.7. The first kappa shape index (κ1) is 26.7. The summed E-state index contributed by atoms with van der Waals surface area (Å²) in [6.45, 7) is 0. The van der Waals surface area contributed by atoms with Crippen molar-refractivity contribution in [1.82, 2.24) is 0 Å². The van der Waals surface area contributed by atoms with Gasteiger partial charge in [0.25, 0.3) is 6.36 Å². The fraction of sp³-hybridized carbons (Fsp3) is 1.00. The maximum absolute atomic E-state index is 13.0. The second-order valence-electron chi connectivity index (χ2n) is 4.90. The molecule has 0 amide bonds. The van der Waals surface area contributed by atoms with Crippen LogP contribution in [0.15, 0.2) is 0 Å². The molecule has 0 aliphatic heterocycles. The van der Waals surface area contributed by atoms with Crippen molar-refractivity contribution in [3.63, 3.8) is 0 Å². The Morgan fingerprint density at radius 2 is 0.607 bits per heavy atom. The van der Waals surface area contributed by atoms with E-state index in [0.29, 0.717) is 0 Å². The van der Waals surface area contributed by atoms with Crippen molar-refractivity contribution < 1.29 is 84.1 Å². The second-order valence-corrected chi connectivity index (χ2v) is 4.90. The third kappa shape index (κ3) is 3.03. The number of hydrogen-bond acceptors (Lipinski definition) is 1. The molecule has 0 fully saturated rings. The highest BCUT2D eigenvalue weighted by molar-refractivity contribution is 5.15. The summed E-state index contributed by atoms with van der Waals surface area (Å²) in [4.78, 5) is 0. The van der Waals surface area contributed by atoms with E-state index in [9.17, 15) is 79.0 Å². The number of alkyl halides is 18. The van der Waals surface area contributed by atoms with Crippen LogP contribution in [0.2, 0.25) is 0 Å². The zero-order valence-corrected chi connectivity index (χ0v) is 11.8. The maximum Gasteiger partial charge on any atom is 0.460 e. The lowest BCUT2D eigenvalue weighted by Crippen LogP contribution is -2.75. The van der Waals surface area contributed by atoms with Crippen LogP contribution in [0.25, 0.3) is 0 Å². The molecule has 0 aliphatic rings. The molecule has 0 aromatic heterocycles. The Hall–Kier alpha value is -1.30. The molecule has 28 heavy (non-hydrogen) atoms. The summed E-state index contributed by atoms with van der Waals surface area (Å²) in [6.07, 6.45) is -13.4. The lowest BCUT2D eigenvalue weighted by molar-refractivity contribution is -0.466. The van der Waals surface area contributed by atoms with Crippen LogP contribution in [0.4, 0.5) is 79.0 Å². The zero-order valence-electron chi connectivity index (χ0n) is 11.8. The SMILES string of the molecule is OC(F)C(F)(F)C(F)(F)C(F)(F)C(F)(F)C(F)(F)C(F)(F)C(F)(F)C(F)(F)F. The van der Waals surface area contributed by atoms with Gasteiger partial charge in [0.15, 0.2) is 0 Å². The van der Waals surface area contributed by atoms with Crippen molar-refractivity contribution in [2.75, 3.05) is 0 Å². The summed E-state index contributed by atoms with van der Waals surface area (Å²) in [5.41, 5.74) is 0. The van der Waals surface area contributed by atoms with Gasteiger partial charge in [-0.05, 0) is 0 Å². The molecule has 0 radical (unpaired) electrons. The highest BCUT2D eigenvalue weighted by Gasteiger charge is 2.95. The van der Waals surface area contributed by atoms with Gasteiger partial charge in [0.1, 0.15) is 0 Å². The molecule has 0 spiro atoms. The van der Waals surface area contributed by atoms with E-state index in [-0.39, 0.29) is 0 Å². The van der Waals surface area contributed by atoms with Gasteiger partial charge in [-0.1, -0.05) is 0 Å². The Kier molecular flexibility index (Phi) is 6.05. The first-order valence-corrected chi connectivity index (χ1v) is 5.73. The topological polar surface area (TPSA) is 20.2 Å². The van der Waals surface area contributed by atoms with Crippen LogP contribution in [0.3, 0.4) is 0 Å². The van der Waals surface area contributed by atoms with Gasteiger partial charge in [-0.15, -0.1) is 0 Å². The molecule has 1 N–H and O–H groups in total. The molecule has 1 atom stereocenters. The number of aliphatic hydroxyl groups is 1. The summed E-state index contributed by atoms with van der Waals surface area (Å²) in [5, 5.41) is 7.56. The smallest absolute Gasteiger partial charge is 0.359 e. The van der Waals surface area contributed by atoms with Gasteiger partial charge in [-0.25, -0.2) is 4.39 Å². The predicted molar refractivity (Wildman–Crippen MR) is 47.8 cm³/mol. The molecule has 0 saturated carbocycles. The van der Waals surface area contributed by atoms with Gasteiger partial charge >= 0.3 is 47.6 Å². The first-order valence-electron chi connectivity index (χ1n) is 5.73. The Morgan fingerprint density at radius 1 is 0.393 bits per heavy atom. The van der Waals surface area contributed by atoms with Crippen molar-refractivity contribution in [2.45, 2.75) is 54.0 Å². The summed E-state index contributed by atoms with van der Waals surface area (Å²) in [7, 11) is 0. The van der Waals surface area contributed by atoms with Gasteiger partial charge in [0.2, 0.25) is 0 Å². The van der Waals surface area contributed by atoms with Crippen molar-refractivity contribution in [3.05, 3.63) is 0 Å². The van der Waals surface area contributed by atoms with E-state index in [4.69, 9.17) is 5.11 Å². The lowest BCUT2D eigenvalue weighted by Gasteiger charge is -2.42. The molecule has 0 heterocycles. The Bertz CT molecular complexity index is 570. The minimum atomic E-state index is -8.78. The molecule has 0 aliphatic carbocycles. The van der Waals surface area contributed by atoms with Crippen LogP contribution in [0.1, 0.15) is 0 Å². The van der Waals surface area contributed by atoms with E-state index >= 15 is 0 Å². The average Bonchev–Trinajstić information content (AvgIpc) is 2.44. The van der Waals surface area contributed by atoms with E-state index in [2.05, 4.69) is 0 Å². The number of hydrogen-bond donors (Lipinski definition) is 1. The average molecular weight is 468 g/mol. The summed E-state index contributed by atoms with van der Waals surface area (Å²) >= 11 is 0.